The molecule has 2 heterocycles. The Hall–Kier alpha value is -2.11. The molecule has 4 nitrogen and oxygen atoms in total. The van der Waals surface area contributed by atoms with Gasteiger partial charge in [-0.2, -0.15) is 0 Å². The van der Waals surface area contributed by atoms with Crippen LogP contribution in [0.2, 0.25) is 0 Å². The van der Waals surface area contributed by atoms with Gasteiger partial charge in [-0.05, 0) is 32.1 Å². The van der Waals surface area contributed by atoms with Crippen molar-refractivity contribution in [2.45, 2.75) is 18.9 Å². The minimum absolute atomic E-state index is 0.0212. The number of methoxy groups -OCH3 is 1. The van der Waals surface area contributed by atoms with Crippen molar-refractivity contribution in [1.82, 2.24) is 9.55 Å². The van der Waals surface area contributed by atoms with Gasteiger partial charge >= 0.3 is 0 Å². The van der Waals surface area contributed by atoms with Crippen LogP contribution in [0.5, 0.6) is 0 Å². The van der Waals surface area contributed by atoms with Gasteiger partial charge in [0.05, 0.1) is 22.5 Å². The van der Waals surface area contributed by atoms with E-state index in [1.165, 1.54) is 0 Å². The van der Waals surface area contributed by atoms with Crippen LogP contribution in [0.25, 0.3) is 16.6 Å². The minimum atomic E-state index is -0.0212. The standard InChI is InChI=1S/C19H22N2O2S/c1-5-7-15(8-6-2)21-17-11-14(3)20-13-16(17)18(22)12-19(21)24-10-9-23-4/h5-8,11-13H,1,9-10H2,2-4H3/b8-6-,15-7+. The Morgan fingerprint density at radius 2 is 2.25 bits per heavy atom. The average Bonchev–Trinajstić information content (AvgIpc) is 2.55. The lowest BCUT2D eigenvalue weighted by Crippen LogP contribution is -2.12. The normalized spacial score (nSPS) is 12.2. The van der Waals surface area contributed by atoms with Crippen LogP contribution < -0.4 is 5.43 Å². The predicted molar refractivity (Wildman–Crippen MR) is 103 cm³/mol. The summed E-state index contributed by atoms with van der Waals surface area (Å²) in [6, 6.07) is 3.61. The molecule has 0 radical (unpaired) electrons. The smallest absolute Gasteiger partial charge is 0.192 e. The number of nitrogens with zero attached hydrogens (tertiary/aromatic N) is 2. The topological polar surface area (TPSA) is 44.1 Å². The van der Waals surface area contributed by atoms with Gasteiger partial charge in [-0.3, -0.25) is 9.78 Å². The van der Waals surface area contributed by atoms with Crippen LogP contribution in [0.1, 0.15) is 12.6 Å². The van der Waals surface area contributed by atoms with E-state index in [9.17, 15) is 4.79 Å². The van der Waals surface area contributed by atoms with E-state index in [1.807, 2.05) is 38.1 Å². The van der Waals surface area contributed by atoms with E-state index in [-0.39, 0.29) is 5.43 Å². The first-order valence-corrected chi connectivity index (χ1v) is 8.71. The summed E-state index contributed by atoms with van der Waals surface area (Å²) in [5, 5.41) is 1.48. The Morgan fingerprint density at radius 3 is 2.92 bits per heavy atom. The van der Waals surface area contributed by atoms with Crippen LogP contribution in [0.3, 0.4) is 0 Å². The van der Waals surface area contributed by atoms with Crippen molar-refractivity contribution in [2.24, 2.45) is 0 Å². The fraction of sp³-hybridized carbons (Fsp3) is 0.263. The molecule has 0 fully saturated rings. The van der Waals surface area contributed by atoms with Gasteiger partial charge in [0.15, 0.2) is 5.43 Å². The first-order chi connectivity index (χ1) is 11.6. The molecule has 2 aromatic rings. The van der Waals surface area contributed by atoms with Gasteiger partial charge in [0.2, 0.25) is 0 Å². The quantitative estimate of drug-likeness (QED) is 0.433. The maximum atomic E-state index is 12.5. The van der Waals surface area contributed by atoms with E-state index in [4.69, 9.17) is 4.74 Å². The van der Waals surface area contributed by atoms with E-state index in [0.29, 0.717) is 12.0 Å². The molecule has 126 valence electrons. The number of aromatic nitrogens is 2. The van der Waals surface area contributed by atoms with Crippen LogP contribution in [0.15, 0.2) is 59.0 Å². The Labute approximate surface area is 146 Å². The van der Waals surface area contributed by atoms with Crippen molar-refractivity contribution in [3.05, 3.63) is 65.1 Å². The zero-order chi connectivity index (χ0) is 17.5. The second-order valence-corrected chi connectivity index (χ2v) is 6.31. The molecule has 0 spiro atoms. The number of fused-ring (bicyclic) bond motifs is 1. The van der Waals surface area contributed by atoms with E-state index in [2.05, 4.69) is 16.1 Å². The summed E-state index contributed by atoms with van der Waals surface area (Å²) < 4.78 is 7.21. The monoisotopic (exact) mass is 342 g/mol. The summed E-state index contributed by atoms with van der Waals surface area (Å²) in [4.78, 5) is 16.7. The number of hydrogen-bond donors (Lipinski definition) is 0. The Balaban J connectivity index is 2.78. The SMILES string of the molecule is C=C/C=C(\C=C/C)n1c(SCCOC)cc(=O)c2cnc(C)cc21. The van der Waals surface area contributed by atoms with E-state index in [1.54, 1.807) is 37.2 Å². The maximum Gasteiger partial charge on any atom is 0.192 e. The zero-order valence-corrected chi connectivity index (χ0v) is 15.1. The largest absolute Gasteiger partial charge is 0.384 e. The number of aryl methyl sites for hydroxylation is 1. The molecule has 0 aliphatic rings. The molecule has 24 heavy (non-hydrogen) atoms. The summed E-state index contributed by atoms with van der Waals surface area (Å²) in [6.07, 6.45) is 9.30. The summed E-state index contributed by atoms with van der Waals surface area (Å²) >= 11 is 1.60. The molecule has 0 aromatic carbocycles. The van der Waals surface area contributed by atoms with Crippen LogP contribution >= 0.6 is 11.8 Å². The molecular weight excluding hydrogens is 320 g/mol. The molecule has 2 aromatic heterocycles. The van der Waals surface area contributed by atoms with Gasteiger partial charge in [0.25, 0.3) is 0 Å². The van der Waals surface area contributed by atoms with Gasteiger partial charge < -0.3 is 9.30 Å². The molecule has 0 aliphatic heterocycles. The molecule has 0 aliphatic carbocycles. The second kappa shape index (κ2) is 8.66. The molecule has 0 bridgehead atoms. The molecule has 0 amide bonds. The number of allylic oxidation sites excluding steroid dienone is 5. The van der Waals surface area contributed by atoms with E-state index >= 15 is 0 Å². The minimum Gasteiger partial charge on any atom is -0.384 e. The molecule has 0 N–H and O–H groups in total. The van der Waals surface area contributed by atoms with Crippen LogP contribution in [-0.4, -0.2) is 29.0 Å². The molecule has 0 atom stereocenters. The second-order valence-electron chi connectivity index (χ2n) is 5.19. The van der Waals surface area contributed by atoms with Gasteiger partial charge in [-0.25, -0.2) is 0 Å². The zero-order valence-electron chi connectivity index (χ0n) is 14.3. The third kappa shape index (κ3) is 4.04. The highest BCUT2D eigenvalue weighted by atomic mass is 32.2. The van der Waals surface area contributed by atoms with Gasteiger partial charge in [-0.15, -0.1) is 11.8 Å². The van der Waals surface area contributed by atoms with Crippen LogP contribution in [0.4, 0.5) is 0 Å². The Morgan fingerprint density at radius 1 is 1.46 bits per heavy atom. The molecule has 5 heteroatoms. The molecular formula is C19H22N2O2S. The summed E-state index contributed by atoms with van der Waals surface area (Å²) in [7, 11) is 1.67. The lowest BCUT2D eigenvalue weighted by atomic mass is 10.2. The van der Waals surface area contributed by atoms with Crippen molar-refractivity contribution >= 4 is 28.4 Å². The van der Waals surface area contributed by atoms with E-state index in [0.717, 1.165) is 27.7 Å². The highest BCUT2D eigenvalue weighted by Crippen LogP contribution is 2.26. The molecule has 0 saturated carbocycles. The number of hydrogen-bond acceptors (Lipinski definition) is 4. The summed E-state index contributed by atoms with van der Waals surface area (Å²) in [5.41, 5.74) is 2.64. The Bertz CT molecular complexity index is 850. The molecule has 0 saturated heterocycles. The maximum absolute atomic E-state index is 12.5. The first kappa shape index (κ1) is 18.2. The number of pyridine rings is 2. The lowest BCUT2D eigenvalue weighted by Gasteiger charge is -2.17. The van der Waals surface area contributed by atoms with Crippen LogP contribution in [-0.2, 0) is 4.74 Å². The van der Waals surface area contributed by atoms with E-state index < -0.39 is 0 Å². The molecule has 2 rings (SSSR count). The third-order valence-electron chi connectivity index (χ3n) is 3.42. The van der Waals surface area contributed by atoms with Crippen molar-refractivity contribution in [1.29, 1.82) is 0 Å². The van der Waals surface area contributed by atoms with Crippen molar-refractivity contribution in [3.63, 3.8) is 0 Å². The summed E-state index contributed by atoms with van der Waals surface area (Å²) in [5.74, 6) is 0.767. The highest BCUT2D eigenvalue weighted by molar-refractivity contribution is 7.99. The number of rotatable bonds is 7. The van der Waals surface area contributed by atoms with Gasteiger partial charge in [-0.1, -0.05) is 18.7 Å². The fourth-order valence-electron chi connectivity index (χ4n) is 2.39. The fourth-order valence-corrected chi connectivity index (χ4v) is 3.37. The van der Waals surface area contributed by atoms with Crippen molar-refractivity contribution in [3.8, 4) is 0 Å². The number of ether oxygens (including phenoxy) is 1. The predicted octanol–water partition coefficient (Wildman–Crippen LogP) is 4.05. The molecule has 0 unspecified atom stereocenters. The van der Waals surface area contributed by atoms with Crippen molar-refractivity contribution in [2.75, 3.05) is 19.5 Å². The average molecular weight is 342 g/mol. The third-order valence-corrected chi connectivity index (χ3v) is 4.39. The highest BCUT2D eigenvalue weighted by Gasteiger charge is 2.12. The van der Waals surface area contributed by atoms with Crippen LogP contribution in [0, 0.1) is 6.92 Å². The Kier molecular flexibility index (Phi) is 6.58. The number of thioether (sulfide) groups is 1. The summed E-state index contributed by atoms with van der Waals surface area (Å²) in [6.45, 7) is 8.31. The first-order valence-electron chi connectivity index (χ1n) is 7.72. The van der Waals surface area contributed by atoms with Gasteiger partial charge in [0, 0.05) is 36.5 Å². The van der Waals surface area contributed by atoms with Crippen molar-refractivity contribution < 1.29 is 4.74 Å². The van der Waals surface area contributed by atoms with Gasteiger partial charge in [0.1, 0.15) is 0 Å². The lowest BCUT2D eigenvalue weighted by molar-refractivity contribution is 0.218.